The number of thiophene rings is 1. The topological polar surface area (TPSA) is 40.1 Å². The predicted molar refractivity (Wildman–Crippen MR) is 116 cm³/mol. The number of hydrogen-bond donors (Lipinski definition) is 1. The van der Waals surface area contributed by atoms with Gasteiger partial charge in [-0.15, -0.1) is 35.3 Å². The summed E-state index contributed by atoms with van der Waals surface area (Å²) in [6.45, 7) is 12.9. The number of guanidine groups is 1. The van der Waals surface area contributed by atoms with Gasteiger partial charge in [0, 0.05) is 49.6 Å². The van der Waals surface area contributed by atoms with Crippen LogP contribution in [0, 0.1) is 5.41 Å². The minimum atomic E-state index is 0. The van der Waals surface area contributed by atoms with Gasteiger partial charge >= 0.3 is 0 Å². The van der Waals surface area contributed by atoms with E-state index >= 15 is 0 Å². The molecule has 0 radical (unpaired) electrons. The molecule has 2 fully saturated rings. The van der Waals surface area contributed by atoms with E-state index in [-0.39, 0.29) is 29.4 Å². The summed E-state index contributed by atoms with van der Waals surface area (Å²) >= 11 is 7.70. The second kappa shape index (κ2) is 9.73. The molecule has 25 heavy (non-hydrogen) atoms. The van der Waals surface area contributed by atoms with Crippen LogP contribution in [0.5, 0.6) is 0 Å². The summed E-state index contributed by atoms with van der Waals surface area (Å²) in [5.74, 6) is 1.05. The van der Waals surface area contributed by atoms with Gasteiger partial charge in [0.1, 0.15) is 0 Å². The van der Waals surface area contributed by atoms with Crippen molar-refractivity contribution in [3.8, 4) is 0 Å². The van der Waals surface area contributed by atoms with Crippen molar-refractivity contribution in [1.82, 2.24) is 15.1 Å². The van der Waals surface area contributed by atoms with E-state index in [9.17, 15) is 0 Å². The highest BCUT2D eigenvalue weighted by atomic mass is 127. The Morgan fingerprint density at radius 1 is 1.32 bits per heavy atom. The van der Waals surface area contributed by atoms with E-state index in [2.05, 4.69) is 35.0 Å². The highest BCUT2D eigenvalue weighted by Gasteiger charge is 2.33. The molecule has 5 nitrogen and oxygen atoms in total. The quantitative estimate of drug-likeness (QED) is 0.385. The Balaban J connectivity index is 0.00000225. The minimum absolute atomic E-state index is 0. The van der Waals surface area contributed by atoms with E-state index in [1.165, 1.54) is 4.88 Å². The highest BCUT2D eigenvalue weighted by Crippen LogP contribution is 2.27. The number of aliphatic imine (C=N–C) groups is 1. The van der Waals surface area contributed by atoms with Gasteiger partial charge in [-0.3, -0.25) is 9.89 Å². The van der Waals surface area contributed by atoms with Crippen molar-refractivity contribution in [2.24, 2.45) is 10.4 Å². The molecule has 0 atom stereocenters. The summed E-state index contributed by atoms with van der Waals surface area (Å²) in [7, 11) is 0. The van der Waals surface area contributed by atoms with Gasteiger partial charge in [-0.2, -0.15) is 0 Å². The van der Waals surface area contributed by atoms with Gasteiger partial charge in [-0.1, -0.05) is 18.5 Å². The Kier molecular flexibility index (Phi) is 8.26. The molecule has 2 aliphatic rings. The molecule has 0 aliphatic carbocycles. The molecular weight excluding hydrogens is 471 g/mol. The number of nitrogens with zero attached hydrogens (tertiary/aromatic N) is 3. The van der Waals surface area contributed by atoms with E-state index in [0.717, 1.165) is 69.3 Å². The fraction of sp³-hybridized carbons (Fsp3) is 0.706. The van der Waals surface area contributed by atoms with Crippen LogP contribution >= 0.6 is 46.9 Å². The van der Waals surface area contributed by atoms with Gasteiger partial charge in [-0.25, -0.2) is 0 Å². The van der Waals surface area contributed by atoms with Crippen molar-refractivity contribution in [3.63, 3.8) is 0 Å². The molecule has 0 amide bonds. The third-order valence-electron chi connectivity index (χ3n) is 4.53. The van der Waals surface area contributed by atoms with Gasteiger partial charge in [-0.05, 0) is 19.1 Å². The molecular formula is C17H28ClIN4OS. The first-order valence-electron chi connectivity index (χ1n) is 8.65. The fourth-order valence-electron chi connectivity index (χ4n) is 3.01. The number of ether oxygens (including phenoxy) is 1. The van der Waals surface area contributed by atoms with E-state index in [1.807, 2.05) is 6.07 Å². The van der Waals surface area contributed by atoms with Crippen LogP contribution in [-0.2, 0) is 11.3 Å². The summed E-state index contributed by atoms with van der Waals surface area (Å²) in [5.41, 5.74) is 0.223. The largest absolute Gasteiger partial charge is 0.380 e. The Morgan fingerprint density at radius 3 is 2.56 bits per heavy atom. The van der Waals surface area contributed by atoms with E-state index < -0.39 is 0 Å². The summed E-state index contributed by atoms with van der Waals surface area (Å²) < 4.78 is 6.20. The third kappa shape index (κ3) is 5.95. The van der Waals surface area contributed by atoms with Gasteiger partial charge in [0.05, 0.1) is 24.1 Å². The monoisotopic (exact) mass is 498 g/mol. The van der Waals surface area contributed by atoms with Crippen LogP contribution in [0.25, 0.3) is 0 Å². The molecule has 0 saturated carbocycles. The van der Waals surface area contributed by atoms with E-state index in [1.54, 1.807) is 11.3 Å². The van der Waals surface area contributed by atoms with Crippen LogP contribution in [0.15, 0.2) is 17.1 Å². The third-order valence-corrected chi connectivity index (χ3v) is 5.74. The van der Waals surface area contributed by atoms with Gasteiger partial charge in [0.2, 0.25) is 0 Å². The molecule has 8 heteroatoms. The molecule has 0 aromatic carbocycles. The van der Waals surface area contributed by atoms with Gasteiger partial charge in [0.15, 0.2) is 5.96 Å². The predicted octanol–water partition coefficient (Wildman–Crippen LogP) is 3.14. The number of halogens is 2. The fourth-order valence-corrected chi connectivity index (χ4v) is 4.14. The minimum Gasteiger partial charge on any atom is -0.380 e. The lowest BCUT2D eigenvalue weighted by molar-refractivity contribution is -0.0946. The zero-order chi connectivity index (χ0) is 17.0. The first-order valence-corrected chi connectivity index (χ1v) is 9.85. The normalized spacial score (nSPS) is 20.8. The number of rotatable bonds is 5. The Morgan fingerprint density at radius 2 is 2.04 bits per heavy atom. The molecule has 2 aliphatic heterocycles. The first kappa shape index (κ1) is 21.2. The zero-order valence-corrected chi connectivity index (χ0v) is 18.9. The van der Waals surface area contributed by atoms with Crippen molar-refractivity contribution >= 4 is 52.9 Å². The van der Waals surface area contributed by atoms with Crippen LogP contribution in [0.1, 0.15) is 18.7 Å². The standard InChI is InChI=1S/C17H27ClN4OS.HI/c1-3-19-16(20-11-17(2)12-23-13-17)22-8-6-21(7-9-22)10-14-4-5-15(18)24-14;/h4-5H,3,6-13H2,1-2H3,(H,19,20);1H. The maximum Gasteiger partial charge on any atom is 0.194 e. The Bertz CT molecular complexity index is 571. The molecule has 2 saturated heterocycles. The number of nitrogens with one attached hydrogen (secondary N) is 1. The van der Waals surface area contributed by atoms with Crippen LogP contribution in [0.2, 0.25) is 4.34 Å². The van der Waals surface area contributed by atoms with E-state index in [0.29, 0.717) is 0 Å². The molecule has 1 N–H and O–H groups in total. The van der Waals surface area contributed by atoms with Crippen molar-refractivity contribution in [1.29, 1.82) is 0 Å². The summed E-state index contributed by atoms with van der Waals surface area (Å²) in [4.78, 5) is 11.1. The molecule has 1 aromatic rings. The van der Waals surface area contributed by atoms with Crippen LogP contribution in [-0.4, -0.2) is 68.2 Å². The molecule has 0 spiro atoms. The molecule has 3 heterocycles. The van der Waals surface area contributed by atoms with Crippen molar-refractivity contribution in [2.45, 2.75) is 20.4 Å². The summed E-state index contributed by atoms with van der Waals surface area (Å²) in [5, 5.41) is 3.44. The molecule has 0 bridgehead atoms. The Hall–Kier alpha value is -0.0900. The first-order chi connectivity index (χ1) is 11.6. The maximum atomic E-state index is 6.02. The molecule has 142 valence electrons. The Labute approximate surface area is 176 Å². The lowest BCUT2D eigenvalue weighted by atomic mass is 9.89. The smallest absolute Gasteiger partial charge is 0.194 e. The highest BCUT2D eigenvalue weighted by molar-refractivity contribution is 14.0. The van der Waals surface area contributed by atoms with Crippen LogP contribution in [0.4, 0.5) is 0 Å². The SMILES string of the molecule is CCNC(=NCC1(C)COC1)N1CCN(Cc2ccc(Cl)s2)CC1.I. The van der Waals surface area contributed by atoms with Gasteiger partial charge < -0.3 is 15.0 Å². The average Bonchev–Trinajstić information content (AvgIpc) is 2.95. The van der Waals surface area contributed by atoms with Crippen LogP contribution in [0.3, 0.4) is 0 Å². The summed E-state index contributed by atoms with van der Waals surface area (Å²) in [6, 6.07) is 4.12. The maximum absolute atomic E-state index is 6.02. The second-order valence-corrected chi connectivity index (χ2v) is 8.74. The van der Waals surface area contributed by atoms with Crippen LogP contribution < -0.4 is 5.32 Å². The lowest BCUT2D eigenvalue weighted by Crippen LogP contribution is -2.52. The molecule has 3 rings (SSSR count). The average molecular weight is 499 g/mol. The lowest BCUT2D eigenvalue weighted by Gasteiger charge is -2.39. The molecule has 0 unspecified atom stereocenters. The van der Waals surface area contributed by atoms with Crippen molar-refractivity contribution in [2.75, 3.05) is 52.5 Å². The second-order valence-electron chi connectivity index (χ2n) is 6.94. The zero-order valence-electron chi connectivity index (χ0n) is 15.0. The van der Waals surface area contributed by atoms with E-state index in [4.69, 9.17) is 21.3 Å². The number of piperazine rings is 1. The van der Waals surface area contributed by atoms with Gasteiger partial charge in [0.25, 0.3) is 0 Å². The molecule has 1 aromatic heterocycles. The summed E-state index contributed by atoms with van der Waals surface area (Å²) in [6.07, 6.45) is 0. The van der Waals surface area contributed by atoms with Crippen molar-refractivity contribution in [3.05, 3.63) is 21.3 Å². The van der Waals surface area contributed by atoms with Crippen molar-refractivity contribution < 1.29 is 4.74 Å². The number of hydrogen-bond acceptors (Lipinski definition) is 4.